The van der Waals surface area contributed by atoms with Crippen LogP contribution in [0.3, 0.4) is 0 Å². The van der Waals surface area contributed by atoms with E-state index in [0.717, 1.165) is 35.6 Å². The van der Waals surface area contributed by atoms with Gasteiger partial charge < -0.3 is 5.11 Å². The van der Waals surface area contributed by atoms with Crippen molar-refractivity contribution in [2.24, 2.45) is 0 Å². The Morgan fingerprint density at radius 2 is 1.80 bits per heavy atom. The molecule has 1 aromatic heterocycles. The van der Waals surface area contributed by atoms with Gasteiger partial charge in [-0.05, 0) is 53.1 Å². The van der Waals surface area contributed by atoms with Crippen molar-refractivity contribution in [1.82, 2.24) is 0 Å². The number of hydrogen-bond donors (Lipinski definition) is 1. The monoisotopic (exact) mass is 366 g/mol. The molecule has 0 amide bonds. The fourth-order valence-corrected chi connectivity index (χ4v) is 3.80. The molecule has 1 heterocycles. The van der Waals surface area contributed by atoms with Gasteiger partial charge in [-0.3, -0.25) is 0 Å². The van der Waals surface area contributed by atoms with Crippen molar-refractivity contribution in [2.75, 3.05) is 0 Å². The van der Waals surface area contributed by atoms with Crippen molar-refractivity contribution in [3.05, 3.63) is 67.3 Å². The Morgan fingerprint density at radius 1 is 1.10 bits per heavy atom. The molecule has 0 bridgehead atoms. The molecule has 3 aromatic rings. The lowest BCUT2D eigenvalue weighted by Gasteiger charge is -2.10. The molecule has 4 heteroatoms. The lowest BCUT2D eigenvalue weighted by molar-refractivity contribution is 0.224. The maximum Gasteiger partial charge on any atom is 0.113 e. The van der Waals surface area contributed by atoms with E-state index >= 15 is 0 Å². The van der Waals surface area contributed by atoms with Gasteiger partial charge in [0.1, 0.15) is 6.10 Å². The highest BCUT2D eigenvalue weighted by molar-refractivity contribution is 9.10. The molecule has 0 aliphatic heterocycles. The zero-order valence-electron chi connectivity index (χ0n) is 10.7. The van der Waals surface area contributed by atoms with Gasteiger partial charge in [0, 0.05) is 9.35 Å². The van der Waals surface area contributed by atoms with Gasteiger partial charge in [0.2, 0.25) is 0 Å². The molecule has 1 nitrogen and oxygen atoms in total. The molecule has 1 unspecified atom stereocenters. The molecule has 0 saturated heterocycles. The van der Waals surface area contributed by atoms with Crippen LogP contribution in [-0.4, -0.2) is 5.11 Å². The fraction of sp³-hybridized carbons (Fsp3) is 0.125. The molecular weight excluding hydrogens is 356 g/mol. The molecule has 3 rings (SSSR count). The van der Waals surface area contributed by atoms with Gasteiger partial charge in [0.15, 0.2) is 0 Å². The number of aryl methyl sites for hydroxylation is 1. The van der Waals surface area contributed by atoms with Crippen LogP contribution in [0.1, 0.15) is 22.1 Å². The summed E-state index contributed by atoms with van der Waals surface area (Å²) in [5.74, 6) is 0. The highest BCUT2D eigenvalue weighted by Crippen LogP contribution is 2.35. The first-order valence-corrected chi connectivity index (χ1v) is 8.16. The average molecular weight is 368 g/mol. The molecule has 1 atom stereocenters. The van der Waals surface area contributed by atoms with E-state index in [1.54, 1.807) is 0 Å². The number of fused-ring (bicyclic) bond motifs is 1. The first kappa shape index (κ1) is 14.1. The van der Waals surface area contributed by atoms with E-state index in [1.807, 2.05) is 43.3 Å². The number of aliphatic hydroxyl groups excluding tert-OH is 1. The average Bonchev–Trinajstić information content (AvgIpc) is 2.77. The van der Waals surface area contributed by atoms with Gasteiger partial charge in [0.05, 0.1) is 4.34 Å². The Labute approximate surface area is 135 Å². The number of halogens is 2. The summed E-state index contributed by atoms with van der Waals surface area (Å²) in [4.78, 5) is 0.879. The Morgan fingerprint density at radius 3 is 2.50 bits per heavy atom. The van der Waals surface area contributed by atoms with E-state index in [4.69, 9.17) is 11.6 Å². The Bertz CT molecular complexity index is 762. The van der Waals surface area contributed by atoms with Gasteiger partial charge in [-0.15, -0.1) is 11.3 Å². The lowest BCUT2D eigenvalue weighted by atomic mass is 10.0. The largest absolute Gasteiger partial charge is 0.383 e. The van der Waals surface area contributed by atoms with Crippen LogP contribution in [0.4, 0.5) is 0 Å². The summed E-state index contributed by atoms with van der Waals surface area (Å²) in [6.07, 6.45) is -0.626. The van der Waals surface area contributed by atoms with Crippen molar-refractivity contribution in [1.29, 1.82) is 0 Å². The van der Waals surface area contributed by atoms with E-state index < -0.39 is 6.10 Å². The molecule has 102 valence electrons. The highest BCUT2D eigenvalue weighted by Gasteiger charge is 2.15. The van der Waals surface area contributed by atoms with Crippen LogP contribution < -0.4 is 0 Å². The molecule has 2 aromatic carbocycles. The highest BCUT2D eigenvalue weighted by atomic mass is 79.9. The van der Waals surface area contributed by atoms with Crippen LogP contribution in [-0.2, 0) is 0 Å². The minimum Gasteiger partial charge on any atom is -0.383 e. The smallest absolute Gasteiger partial charge is 0.113 e. The SMILES string of the molecule is Cc1cc(C(O)c2ccc3cc(Br)ccc3c2)sc1Cl. The predicted molar refractivity (Wildman–Crippen MR) is 89.8 cm³/mol. The van der Waals surface area contributed by atoms with E-state index in [9.17, 15) is 5.11 Å². The van der Waals surface area contributed by atoms with Gasteiger partial charge in [0.25, 0.3) is 0 Å². The first-order valence-electron chi connectivity index (χ1n) is 6.18. The van der Waals surface area contributed by atoms with Crippen LogP contribution in [0.2, 0.25) is 4.34 Å². The summed E-state index contributed by atoms with van der Waals surface area (Å²) in [7, 11) is 0. The summed E-state index contributed by atoms with van der Waals surface area (Å²) < 4.78 is 1.79. The van der Waals surface area contributed by atoms with E-state index in [1.165, 1.54) is 11.3 Å². The molecule has 0 spiro atoms. The number of hydrogen-bond acceptors (Lipinski definition) is 2. The molecule has 0 aliphatic rings. The topological polar surface area (TPSA) is 20.2 Å². The summed E-state index contributed by atoms with van der Waals surface area (Å²) in [6.45, 7) is 1.95. The fourth-order valence-electron chi connectivity index (χ4n) is 2.19. The number of aliphatic hydroxyl groups is 1. The quantitative estimate of drug-likeness (QED) is 0.615. The van der Waals surface area contributed by atoms with Crippen LogP contribution in [0.15, 0.2) is 46.9 Å². The molecule has 0 aliphatic carbocycles. The molecular formula is C16H12BrClOS. The molecule has 20 heavy (non-hydrogen) atoms. The van der Waals surface area contributed by atoms with Crippen LogP contribution in [0.5, 0.6) is 0 Å². The van der Waals surface area contributed by atoms with Gasteiger partial charge in [-0.25, -0.2) is 0 Å². The summed E-state index contributed by atoms with van der Waals surface area (Å²) >= 11 is 11.0. The summed E-state index contributed by atoms with van der Waals surface area (Å²) in [5.41, 5.74) is 1.90. The third-order valence-corrected chi connectivity index (χ3v) is 5.39. The van der Waals surface area contributed by atoms with Gasteiger partial charge >= 0.3 is 0 Å². The van der Waals surface area contributed by atoms with E-state index in [-0.39, 0.29) is 0 Å². The second-order valence-electron chi connectivity index (χ2n) is 4.76. The van der Waals surface area contributed by atoms with Crippen molar-refractivity contribution in [2.45, 2.75) is 13.0 Å². The number of benzene rings is 2. The van der Waals surface area contributed by atoms with Crippen molar-refractivity contribution < 1.29 is 5.11 Å². The zero-order valence-corrected chi connectivity index (χ0v) is 13.9. The molecule has 0 radical (unpaired) electrons. The molecule has 0 saturated carbocycles. The number of rotatable bonds is 2. The lowest BCUT2D eigenvalue weighted by Crippen LogP contribution is -1.96. The normalized spacial score (nSPS) is 12.8. The van der Waals surface area contributed by atoms with Crippen molar-refractivity contribution in [3.8, 4) is 0 Å². The minimum absolute atomic E-state index is 0.626. The molecule has 1 N–H and O–H groups in total. The third kappa shape index (κ3) is 2.63. The van der Waals surface area contributed by atoms with E-state index in [0.29, 0.717) is 0 Å². The maximum atomic E-state index is 10.5. The zero-order chi connectivity index (χ0) is 14.3. The Kier molecular flexibility index (Phi) is 3.87. The second-order valence-corrected chi connectivity index (χ2v) is 7.36. The number of thiophene rings is 1. The van der Waals surface area contributed by atoms with Crippen LogP contribution >= 0.6 is 38.9 Å². The van der Waals surface area contributed by atoms with Crippen LogP contribution in [0.25, 0.3) is 10.8 Å². The van der Waals surface area contributed by atoms with Gasteiger partial charge in [-0.2, -0.15) is 0 Å². The first-order chi connectivity index (χ1) is 9.54. The summed E-state index contributed by atoms with van der Waals surface area (Å²) in [5, 5.41) is 12.7. The van der Waals surface area contributed by atoms with Crippen LogP contribution in [0, 0.1) is 6.92 Å². The summed E-state index contributed by atoms with van der Waals surface area (Å²) in [6, 6.07) is 14.1. The molecule has 0 fully saturated rings. The van der Waals surface area contributed by atoms with Crippen molar-refractivity contribution >= 4 is 49.6 Å². The standard InChI is InChI=1S/C16H12BrClOS/c1-9-6-14(20-16(9)18)15(19)12-3-2-11-8-13(17)5-4-10(11)7-12/h2-8,15,19H,1H3. The van der Waals surface area contributed by atoms with Crippen molar-refractivity contribution in [3.63, 3.8) is 0 Å². The predicted octanol–water partition coefficient (Wildman–Crippen LogP) is 5.71. The second kappa shape index (κ2) is 5.49. The Hall–Kier alpha value is -0.870. The maximum absolute atomic E-state index is 10.5. The van der Waals surface area contributed by atoms with Gasteiger partial charge in [-0.1, -0.05) is 45.7 Å². The minimum atomic E-state index is -0.626. The van der Waals surface area contributed by atoms with E-state index in [2.05, 4.69) is 22.0 Å². The Balaban J connectivity index is 2.03. The third-order valence-electron chi connectivity index (χ3n) is 3.29.